The molecule has 152 valence electrons. The molecule has 1 atom stereocenters. The number of benzene rings is 2. The molecular weight excluding hydrogens is 383 g/mol. The molecule has 3 rings (SSSR count). The Hall–Kier alpha value is -3.23. The minimum absolute atomic E-state index is 0.0175. The summed E-state index contributed by atoms with van der Waals surface area (Å²) < 4.78 is 38.6. The van der Waals surface area contributed by atoms with Gasteiger partial charge in [-0.2, -0.15) is 18.0 Å². The fourth-order valence-electron chi connectivity index (χ4n) is 2.84. The number of rotatable bonds is 6. The molecule has 0 unspecified atom stereocenters. The average molecular weight is 403 g/mol. The van der Waals surface area contributed by atoms with Gasteiger partial charge >= 0.3 is 6.18 Å². The van der Waals surface area contributed by atoms with Crippen LogP contribution in [0.2, 0.25) is 0 Å². The van der Waals surface area contributed by atoms with Gasteiger partial charge in [0.25, 0.3) is 0 Å². The second kappa shape index (κ2) is 8.42. The molecule has 1 amide bonds. The van der Waals surface area contributed by atoms with Gasteiger partial charge in [0.1, 0.15) is 6.54 Å². The minimum atomic E-state index is -4.46. The van der Waals surface area contributed by atoms with Crippen LogP contribution in [0.1, 0.15) is 37.3 Å². The lowest BCUT2D eigenvalue weighted by Gasteiger charge is -2.15. The van der Waals surface area contributed by atoms with Gasteiger partial charge in [-0.15, -0.1) is 10.2 Å². The number of para-hydroxylation sites is 1. The first kappa shape index (κ1) is 20.5. The number of aromatic nitrogens is 4. The van der Waals surface area contributed by atoms with E-state index in [1.54, 1.807) is 0 Å². The third-order valence-corrected chi connectivity index (χ3v) is 4.56. The summed E-state index contributed by atoms with van der Waals surface area (Å²) in [5, 5.41) is 14.4. The van der Waals surface area contributed by atoms with Crippen molar-refractivity contribution in [3.05, 3.63) is 59.7 Å². The zero-order chi connectivity index (χ0) is 21.0. The normalized spacial score (nSPS) is 12.6. The molecule has 1 N–H and O–H groups in total. The third kappa shape index (κ3) is 4.98. The van der Waals surface area contributed by atoms with Crippen molar-refractivity contribution in [2.24, 2.45) is 0 Å². The lowest BCUT2D eigenvalue weighted by atomic mass is 9.97. The fraction of sp³-hybridized carbons (Fsp3) is 0.300. The van der Waals surface area contributed by atoms with Crippen molar-refractivity contribution in [2.45, 2.75) is 38.9 Å². The zero-order valence-electron chi connectivity index (χ0n) is 15.9. The monoisotopic (exact) mass is 403 g/mol. The number of anilines is 1. The van der Waals surface area contributed by atoms with E-state index in [0.717, 1.165) is 28.9 Å². The molecule has 29 heavy (non-hydrogen) atoms. The first-order chi connectivity index (χ1) is 13.8. The molecule has 0 bridgehead atoms. The first-order valence-corrected chi connectivity index (χ1v) is 9.12. The molecule has 9 heteroatoms. The molecule has 0 radical (unpaired) electrons. The number of carbonyl (C=O) groups excluding carboxylic acids is 1. The van der Waals surface area contributed by atoms with Crippen molar-refractivity contribution < 1.29 is 18.0 Å². The van der Waals surface area contributed by atoms with Gasteiger partial charge in [-0.1, -0.05) is 44.2 Å². The van der Waals surface area contributed by atoms with Crippen LogP contribution in [0.4, 0.5) is 18.9 Å². The maximum absolute atomic E-state index is 12.9. The van der Waals surface area contributed by atoms with Crippen LogP contribution >= 0.6 is 0 Å². The SMILES string of the molecule is CC[C@H](C)c1ccccc1NC(=O)Cn1nnc(-c2cccc(C(F)(F)F)c2)n1. The molecule has 2 aromatic carbocycles. The largest absolute Gasteiger partial charge is 0.416 e. The van der Waals surface area contributed by atoms with Crippen LogP contribution in [0.15, 0.2) is 48.5 Å². The van der Waals surface area contributed by atoms with Gasteiger partial charge in [-0.05, 0) is 41.3 Å². The third-order valence-electron chi connectivity index (χ3n) is 4.56. The maximum Gasteiger partial charge on any atom is 0.416 e. The highest BCUT2D eigenvalue weighted by Crippen LogP contribution is 2.31. The maximum atomic E-state index is 12.9. The van der Waals surface area contributed by atoms with E-state index in [2.05, 4.69) is 34.6 Å². The molecule has 3 aromatic rings. The molecule has 0 spiro atoms. The van der Waals surface area contributed by atoms with Gasteiger partial charge in [0.05, 0.1) is 5.56 Å². The Kier molecular flexibility index (Phi) is 5.95. The van der Waals surface area contributed by atoms with Crippen LogP contribution in [0, 0.1) is 0 Å². The Balaban J connectivity index is 1.72. The summed E-state index contributed by atoms with van der Waals surface area (Å²) in [6.07, 6.45) is -3.53. The van der Waals surface area contributed by atoms with Gasteiger partial charge in [0, 0.05) is 11.3 Å². The molecule has 6 nitrogen and oxygen atoms in total. The summed E-state index contributed by atoms with van der Waals surface area (Å²) in [4.78, 5) is 13.4. The van der Waals surface area contributed by atoms with Gasteiger partial charge in [-0.3, -0.25) is 4.79 Å². The summed E-state index contributed by atoms with van der Waals surface area (Å²) in [7, 11) is 0. The van der Waals surface area contributed by atoms with Crippen LogP contribution in [-0.4, -0.2) is 26.1 Å². The van der Waals surface area contributed by atoms with Gasteiger partial charge < -0.3 is 5.32 Å². The average Bonchev–Trinajstić information content (AvgIpc) is 3.15. The van der Waals surface area contributed by atoms with Crippen molar-refractivity contribution in [3.8, 4) is 11.4 Å². The fourth-order valence-corrected chi connectivity index (χ4v) is 2.84. The summed E-state index contributed by atoms with van der Waals surface area (Å²) in [5.41, 5.74) is 1.11. The Bertz CT molecular complexity index is 1000. The smallest absolute Gasteiger partial charge is 0.324 e. The van der Waals surface area contributed by atoms with Crippen LogP contribution < -0.4 is 5.32 Å². The highest BCUT2D eigenvalue weighted by molar-refractivity contribution is 5.91. The summed E-state index contributed by atoms with van der Waals surface area (Å²) in [5.74, 6) is -0.0545. The van der Waals surface area contributed by atoms with Crippen LogP contribution in [0.5, 0.6) is 0 Å². The number of amides is 1. The quantitative estimate of drug-likeness (QED) is 0.657. The number of hydrogen-bond donors (Lipinski definition) is 1. The van der Waals surface area contributed by atoms with E-state index >= 15 is 0 Å². The predicted molar refractivity (Wildman–Crippen MR) is 102 cm³/mol. The number of halogens is 3. The van der Waals surface area contributed by atoms with Crippen LogP contribution in [0.25, 0.3) is 11.4 Å². The number of tetrazole rings is 1. The van der Waals surface area contributed by atoms with E-state index in [1.165, 1.54) is 12.1 Å². The van der Waals surface area contributed by atoms with E-state index in [9.17, 15) is 18.0 Å². The summed E-state index contributed by atoms with van der Waals surface area (Å²) in [6, 6.07) is 12.2. The molecule has 0 aliphatic heterocycles. The number of nitrogens with one attached hydrogen (secondary N) is 1. The van der Waals surface area contributed by atoms with Gasteiger partial charge in [-0.25, -0.2) is 0 Å². The number of nitrogens with zero attached hydrogens (tertiary/aromatic N) is 4. The van der Waals surface area contributed by atoms with Crippen molar-refractivity contribution in [2.75, 3.05) is 5.32 Å². The zero-order valence-corrected chi connectivity index (χ0v) is 15.9. The number of carbonyl (C=O) groups is 1. The van der Waals surface area contributed by atoms with Crippen molar-refractivity contribution in [1.29, 1.82) is 0 Å². The Morgan fingerprint density at radius 3 is 2.66 bits per heavy atom. The molecule has 0 aliphatic carbocycles. The Labute approximate surface area is 165 Å². The Morgan fingerprint density at radius 1 is 1.17 bits per heavy atom. The first-order valence-electron chi connectivity index (χ1n) is 9.12. The molecule has 0 aliphatic rings. The van der Waals surface area contributed by atoms with Gasteiger partial charge in [0.15, 0.2) is 0 Å². The topological polar surface area (TPSA) is 72.7 Å². The van der Waals surface area contributed by atoms with Crippen LogP contribution in [0.3, 0.4) is 0 Å². The van der Waals surface area contributed by atoms with Crippen molar-refractivity contribution in [1.82, 2.24) is 20.2 Å². The van der Waals surface area contributed by atoms with E-state index in [1.807, 2.05) is 24.3 Å². The second-order valence-electron chi connectivity index (χ2n) is 6.67. The Morgan fingerprint density at radius 2 is 1.93 bits per heavy atom. The van der Waals surface area contributed by atoms with Crippen LogP contribution in [-0.2, 0) is 17.5 Å². The predicted octanol–water partition coefficient (Wildman–Crippen LogP) is 4.51. The molecule has 1 aromatic heterocycles. The highest BCUT2D eigenvalue weighted by Gasteiger charge is 2.30. The molecule has 0 fully saturated rings. The molecule has 0 saturated heterocycles. The number of alkyl halides is 3. The van der Waals surface area contributed by atoms with E-state index < -0.39 is 11.7 Å². The van der Waals surface area contributed by atoms with E-state index in [0.29, 0.717) is 5.69 Å². The lowest BCUT2D eigenvalue weighted by molar-refractivity contribution is -0.137. The van der Waals surface area contributed by atoms with E-state index in [-0.39, 0.29) is 29.8 Å². The van der Waals surface area contributed by atoms with Crippen molar-refractivity contribution >= 4 is 11.6 Å². The summed E-state index contributed by atoms with van der Waals surface area (Å²) >= 11 is 0. The van der Waals surface area contributed by atoms with E-state index in [4.69, 9.17) is 0 Å². The lowest BCUT2D eigenvalue weighted by Crippen LogP contribution is -2.21. The minimum Gasteiger partial charge on any atom is -0.324 e. The molecule has 1 heterocycles. The molecular formula is C20H20F3N5O. The molecule has 0 saturated carbocycles. The highest BCUT2D eigenvalue weighted by atomic mass is 19.4. The standard InChI is InChI=1S/C20H20F3N5O/c1-3-13(2)16-9-4-5-10-17(16)24-18(29)12-28-26-19(25-27-28)14-7-6-8-15(11-14)20(21,22)23/h4-11,13H,3,12H2,1-2H3,(H,24,29)/t13-/m0/s1. The second-order valence-corrected chi connectivity index (χ2v) is 6.67. The number of hydrogen-bond acceptors (Lipinski definition) is 4. The summed E-state index contributed by atoms with van der Waals surface area (Å²) in [6.45, 7) is 3.93. The van der Waals surface area contributed by atoms with Gasteiger partial charge in [0.2, 0.25) is 11.7 Å². The van der Waals surface area contributed by atoms with Crippen molar-refractivity contribution in [3.63, 3.8) is 0 Å².